The molecule has 1 aliphatic heterocycles. The van der Waals surface area contributed by atoms with E-state index in [-0.39, 0.29) is 22.6 Å². The zero-order valence-corrected chi connectivity index (χ0v) is 19.7. The highest BCUT2D eigenvalue weighted by molar-refractivity contribution is 6.74. The number of imidazole rings is 1. The molecule has 10 nitrogen and oxygen atoms in total. The van der Waals surface area contributed by atoms with Gasteiger partial charge in [0.15, 0.2) is 25.7 Å². The summed E-state index contributed by atoms with van der Waals surface area (Å²) in [6.45, 7) is 11.3. The quantitative estimate of drug-likeness (QED) is 0.404. The summed E-state index contributed by atoms with van der Waals surface area (Å²) in [4.78, 5) is 29.4. The number of rotatable bonds is 6. The van der Waals surface area contributed by atoms with Crippen LogP contribution in [0.2, 0.25) is 18.1 Å². The number of aromatic amines is 1. The van der Waals surface area contributed by atoms with Gasteiger partial charge in [0.25, 0.3) is 5.56 Å². The number of aliphatic imine (C=N–C) groups is 1. The summed E-state index contributed by atoms with van der Waals surface area (Å²) in [7, 11) is 1.72. The molecule has 1 aliphatic rings. The van der Waals surface area contributed by atoms with Crippen LogP contribution in [0, 0.1) is 0 Å². The van der Waals surface area contributed by atoms with Crippen molar-refractivity contribution in [3.63, 3.8) is 0 Å². The van der Waals surface area contributed by atoms with Crippen molar-refractivity contribution in [2.75, 3.05) is 20.7 Å². The maximum atomic E-state index is 12.3. The van der Waals surface area contributed by atoms with Gasteiger partial charge in [-0.15, -0.1) is 0 Å². The van der Waals surface area contributed by atoms with Gasteiger partial charge in [0, 0.05) is 20.5 Å². The first kappa shape index (κ1) is 22.6. The van der Waals surface area contributed by atoms with Crippen molar-refractivity contribution in [1.29, 1.82) is 0 Å². The standard InChI is InChI=1S/C19H32N6O4Si/c1-19(2,3)30(6,7)28-9-12-8-13(26)17(29-12)25-11-20-14-15(25)22-18(23-16(14)27)21-10-24(4)5/h10-13,17,26H,8-9H2,1-7H3,(H,22,23,27)/b21-10+/t12-,13+,17+/m0/s1. The van der Waals surface area contributed by atoms with E-state index < -0.39 is 26.2 Å². The van der Waals surface area contributed by atoms with Crippen molar-refractivity contribution in [1.82, 2.24) is 24.4 Å². The average Bonchev–Trinajstić information content (AvgIpc) is 3.20. The molecule has 0 saturated carbocycles. The van der Waals surface area contributed by atoms with Gasteiger partial charge < -0.3 is 19.2 Å². The fourth-order valence-corrected chi connectivity index (χ4v) is 3.97. The van der Waals surface area contributed by atoms with Gasteiger partial charge in [0.1, 0.15) is 6.10 Å². The summed E-state index contributed by atoms with van der Waals surface area (Å²) in [6, 6.07) is 0. The van der Waals surface area contributed by atoms with Gasteiger partial charge in [-0.25, -0.2) is 9.98 Å². The Balaban J connectivity index is 1.81. The number of aliphatic hydroxyl groups excluding tert-OH is 1. The molecule has 2 N–H and O–H groups in total. The fraction of sp³-hybridized carbons (Fsp3) is 0.684. The van der Waals surface area contributed by atoms with Crippen LogP contribution >= 0.6 is 0 Å². The zero-order chi connectivity index (χ0) is 22.3. The van der Waals surface area contributed by atoms with Crippen LogP contribution in [-0.2, 0) is 9.16 Å². The predicted octanol–water partition coefficient (Wildman–Crippen LogP) is 2.01. The number of aromatic nitrogens is 4. The normalized spacial score (nSPS) is 23.0. The third kappa shape index (κ3) is 4.64. The average molecular weight is 437 g/mol. The molecule has 11 heteroatoms. The van der Waals surface area contributed by atoms with Gasteiger partial charge in [-0.1, -0.05) is 20.8 Å². The Hall–Kier alpha value is -2.08. The van der Waals surface area contributed by atoms with E-state index in [4.69, 9.17) is 9.16 Å². The molecule has 2 aromatic rings. The Bertz CT molecular complexity index is 978. The van der Waals surface area contributed by atoms with E-state index in [1.54, 1.807) is 15.8 Å². The maximum absolute atomic E-state index is 12.3. The highest BCUT2D eigenvalue weighted by Gasteiger charge is 2.41. The number of fused-ring (bicyclic) bond motifs is 1. The molecule has 3 atom stereocenters. The third-order valence-corrected chi connectivity index (χ3v) is 10.2. The second-order valence-electron chi connectivity index (χ2n) is 9.44. The summed E-state index contributed by atoms with van der Waals surface area (Å²) in [5.41, 5.74) is 0.102. The number of nitrogens with one attached hydrogen (secondary N) is 1. The van der Waals surface area contributed by atoms with Crippen molar-refractivity contribution in [2.45, 2.75) is 63.8 Å². The van der Waals surface area contributed by atoms with E-state index in [1.165, 1.54) is 6.33 Å². The molecule has 30 heavy (non-hydrogen) atoms. The predicted molar refractivity (Wildman–Crippen MR) is 118 cm³/mol. The topological polar surface area (TPSA) is 118 Å². The Morgan fingerprint density at radius 2 is 2.17 bits per heavy atom. The van der Waals surface area contributed by atoms with Crippen LogP contribution in [-0.4, -0.2) is 77.1 Å². The number of hydrogen-bond acceptors (Lipinski definition) is 7. The van der Waals surface area contributed by atoms with Crippen molar-refractivity contribution >= 4 is 31.8 Å². The van der Waals surface area contributed by atoms with Crippen molar-refractivity contribution in [3.8, 4) is 0 Å². The number of ether oxygens (including phenoxy) is 1. The lowest BCUT2D eigenvalue weighted by atomic mass is 10.2. The second-order valence-corrected chi connectivity index (χ2v) is 14.3. The van der Waals surface area contributed by atoms with Crippen LogP contribution in [0.25, 0.3) is 11.2 Å². The molecule has 3 heterocycles. The molecule has 1 fully saturated rings. The van der Waals surface area contributed by atoms with Gasteiger partial charge in [0.05, 0.1) is 25.4 Å². The first-order valence-corrected chi connectivity index (χ1v) is 12.9. The fourth-order valence-electron chi connectivity index (χ4n) is 2.94. The van der Waals surface area contributed by atoms with Crippen LogP contribution in [0.3, 0.4) is 0 Å². The lowest BCUT2D eigenvalue weighted by Gasteiger charge is -2.36. The first-order chi connectivity index (χ1) is 13.9. The summed E-state index contributed by atoms with van der Waals surface area (Å²) >= 11 is 0. The van der Waals surface area contributed by atoms with Gasteiger partial charge in [-0.3, -0.25) is 14.3 Å². The summed E-state index contributed by atoms with van der Waals surface area (Å²) < 4.78 is 13.9. The van der Waals surface area contributed by atoms with E-state index in [2.05, 4.69) is 53.8 Å². The molecular formula is C19H32N6O4Si. The third-order valence-electron chi connectivity index (χ3n) is 5.71. The monoisotopic (exact) mass is 436 g/mol. The van der Waals surface area contributed by atoms with Gasteiger partial charge >= 0.3 is 0 Å². The largest absolute Gasteiger partial charge is 0.414 e. The van der Waals surface area contributed by atoms with E-state index in [0.29, 0.717) is 18.7 Å². The first-order valence-electron chi connectivity index (χ1n) is 10.0. The summed E-state index contributed by atoms with van der Waals surface area (Å²) in [5, 5.41) is 10.7. The Morgan fingerprint density at radius 3 is 2.80 bits per heavy atom. The number of nitrogens with zero attached hydrogens (tertiary/aromatic N) is 5. The minimum absolute atomic E-state index is 0.0958. The second kappa shape index (κ2) is 8.21. The molecule has 1 saturated heterocycles. The lowest BCUT2D eigenvalue weighted by molar-refractivity contribution is -0.0471. The molecule has 0 radical (unpaired) electrons. The lowest BCUT2D eigenvalue weighted by Crippen LogP contribution is -2.42. The minimum atomic E-state index is -1.92. The number of aliphatic hydroxyl groups is 1. The van der Waals surface area contributed by atoms with Crippen LogP contribution in [0.15, 0.2) is 16.1 Å². The van der Waals surface area contributed by atoms with Crippen LogP contribution < -0.4 is 5.56 Å². The van der Waals surface area contributed by atoms with Crippen LogP contribution in [0.5, 0.6) is 0 Å². The smallest absolute Gasteiger partial charge is 0.280 e. The Morgan fingerprint density at radius 1 is 1.47 bits per heavy atom. The SMILES string of the molecule is CN(C)/C=N/c1nc2c(ncn2[C@@H]2O[C@H](CO[Si](C)(C)C(C)(C)C)C[C@H]2O)c(=O)[nH]1. The molecule has 0 amide bonds. The Labute approximate surface area is 177 Å². The molecule has 2 aromatic heterocycles. The van der Waals surface area contributed by atoms with E-state index in [9.17, 15) is 9.90 Å². The van der Waals surface area contributed by atoms with Crippen molar-refractivity contribution in [3.05, 3.63) is 16.7 Å². The molecular weight excluding hydrogens is 404 g/mol. The zero-order valence-electron chi connectivity index (χ0n) is 18.7. The number of H-pyrrole nitrogens is 1. The van der Waals surface area contributed by atoms with E-state index in [0.717, 1.165) is 0 Å². The maximum Gasteiger partial charge on any atom is 0.280 e. The molecule has 0 spiro atoms. The molecule has 0 aromatic carbocycles. The highest BCUT2D eigenvalue weighted by Crippen LogP contribution is 2.38. The van der Waals surface area contributed by atoms with Crippen molar-refractivity contribution < 1.29 is 14.3 Å². The van der Waals surface area contributed by atoms with Crippen LogP contribution in [0.1, 0.15) is 33.4 Å². The highest BCUT2D eigenvalue weighted by atomic mass is 28.4. The summed E-state index contributed by atoms with van der Waals surface area (Å²) in [5.74, 6) is 0.160. The number of hydrogen-bond donors (Lipinski definition) is 2. The molecule has 166 valence electrons. The van der Waals surface area contributed by atoms with E-state index >= 15 is 0 Å². The van der Waals surface area contributed by atoms with E-state index in [1.807, 2.05) is 14.1 Å². The van der Waals surface area contributed by atoms with Crippen LogP contribution in [0.4, 0.5) is 5.95 Å². The molecule has 0 bridgehead atoms. The molecule has 3 rings (SSSR count). The van der Waals surface area contributed by atoms with Gasteiger partial charge in [-0.05, 0) is 18.1 Å². The molecule has 0 aliphatic carbocycles. The van der Waals surface area contributed by atoms with Gasteiger partial charge in [0.2, 0.25) is 5.95 Å². The molecule has 0 unspecified atom stereocenters. The van der Waals surface area contributed by atoms with Gasteiger partial charge in [-0.2, -0.15) is 4.98 Å². The summed E-state index contributed by atoms with van der Waals surface area (Å²) in [6.07, 6.45) is 1.75. The van der Waals surface area contributed by atoms with Crippen molar-refractivity contribution in [2.24, 2.45) is 4.99 Å². The minimum Gasteiger partial charge on any atom is -0.414 e. The Kier molecular flexibility index (Phi) is 6.19.